The molecule has 4 atom stereocenters. The maximum absolute atomic E-state index is 13.8. The number of nitrogens with zero attached hydrogens (tertiary/aromatic N) is 1. The van der Waals surface area contributed by atoms with E-state index in [4.69, 9.17) is 5.73 Å². The van der Waals surface area contributed by atoms with Crippen LogP contribution in [0, 0.1) is 0 Å². The van der Waals surface area contributed by atoms with Crippen molar-refractivity contribution in [2.45, 2.75) is 64.0 Å². The summed E-state index contributed by atoms with van der Waals surface area (Å²) in [6, 6.07) is 20.9. The van der Waals surface area contributed by atoms with Crippen molar-refractivity contribution in [3.63, 3.8) is 0 Å². The first-order valence-corrected chi connectivity index (χ1v) is 17.1. The Morgan fingerprint density at radius 3 is 1.94 bits per heavy atom. The maximum atomic E-state index is 13.8. The van der Waals surface area contributed by atoms with Gasteiger partial charge < -0.3 is 32.1 Å². The van der Waals surface area contributed by atoms with Crippen LogP contribution in [0.15, 0.2) is 78.9 Å². The van der Waals surface area contributed by atoms with Crippen molar-refractivity contribution in [1.29, 1.82) is 0 Å². The number of carbonyl (C=O) groups excluding carboxylic acids is 3. The van der Waals surface area contributed by atoms with E-state index >= 15 is 0 Å². The van der Waals surface area contributed by atoms with Gasteiger partial charge in [-0.05, 0) is 63.4 Å². The van der Waals surface area contributed by atoms with Crippen molar-refractivity contribution in [2.24, 2.45) is 5.73 Å². The molecular formula is C34H46N6O6S. The monoisotopic (exact) mass is 666 g/mol. The number of sulfonamides is 1. The second-order valence-corrected chi connectivity index (χ2v) is 14.6. The fourth-order valence-electron chi connectivity index (χ4n) is 4.76. The van der Waals surface area contributed by atoms with Gasteiger partial charge in [0.1, 0.15) is 12.2 Å². The lowest BCUT2D eigenvalue weighted by Gasteiger charge is -2.29. The molecule has 3 aromatic rings. The molecule has 0 spiro atoms. The predicted molar refractivity (Wildman–Crippen MR) is 183 cm³/mol. The number of aliphatic hydroxyl groups is 1. The molecule has 13 heteroatoms. The quantitative estimate of drug-likeness (QED) is 0.141. The van der Waals surface area contributed by atoms with Crippen molar-refractivity contribution < 1.29 is 27.9 Å². The first-order valence-electron chi connectivity index (χ1n) is 15.2. The molecule has 0 saturated heterocycles. The van der Waals surface area contributed by atoms with Crippen LogP contribution >= 0.6 is 0 Å². The second-order valence-electron chi connectivity index (χ2n) is 12.6. The molecular weight excluding hydrogens is 620 g/mol. The zero-order valence-corrected chi connectivity index (χ0v) is 28.5. The van der Waals surface area contributed by atoms with Gasteiger partial charge in [0.2, 0.25) is 15.9 Å². The van der Waals surface area contributed by atoms with Crippen molar-refractivity contribution >= 4 is 33.4 Å². The highest BCUT2D eigenvalue weighted by atomic mass is 32.2. The smallest absolute Gasteiger partial charge is 0.252 e. The molecule has 254 valence electrons. The summed E-state index contributed by atoms with van der Waals surface area (Å²) in [4.78, 5) is 40.1. The molecule has 3 rings (SSSR count). The summed E-state index contributed by atoms with van der Waals surface area (Å²) >= 11 is 0. The molecule has 0 aliphatic heterocycles. The van der Waals surface area contributed by atoms with E-state index in [0.29, 0.717) is 12.0 Å². The number of hydrogen-bond acceptors (Lipinski definition) is 8. The molecule has 0 aromatic heterocycles. The van der Waals surface area contributed by atoms with Crippen LogP contribution in [0.5, 0.6) is 0 Å². The SMILES string of the molecule is C[C@H](O)[C@H](NC[C@H](Cc1ccccc1)NC(=O)c1cc(C(=O)N[C@H](N)c2ccccc2)cc(N(C)S(C)(=O)=O)c1)C(=O)NC(C)(C)C. The number of hydrogen-bond donors (Lipinski definition) is 6. The number of nitrogens with two attached hydrogens (primary N) is 1. The van der Waals surface area contributed by atoms with Crippen LogP contribution in [-0.4, -0.2) is 74.8 Å². The van der Waals surface area contributed by atoms with E-state index in [0.717, 1.165) is 16.1 Å². The zero-order valence-electron chi connectivity index (χ0n) is 27.7. The Morgan fingerprint density at radius 2 is 1.43 bits per heavy atom. The number of rotatable bonds is 14. The van der Waals surface area contributed by atoms with E-state index in [1.54, 1.807) is 24.3 Å². The summed E-state index contributed by atoms with van der Waals surface area (Å²) in [5.74, 6) is -1.57. The molecule has 0 heterocycles. The molecule has 7 N–H and O–H groups in total. The predicted octanol–water partition coefficient (Wildman–Crippen LogP) is 2.06. The highest BCUT2D eigenvalue weighted by Crippen LogP contribution is 2.22. The second kappa shape index (κ2) is 16.0. The third-order valence-corrected chi connectivity index (χ3v) is 8.46. The number of nitrogens with one attached hydrogen (secondary N) is 4. The van der Waals surface area contributed by atoms with Gasteiger partial charge in [0.25, 0.3) is 11.8 Å². The summed E-state index contributed by atoms with van der Waals surface area (Å²) in [5.41, 5.74) is 7.41. The number of aliphatic hydroxyl groups excluding tert-OH is 1. The lowest BCUT2D eigenvalue weighted by Crippen LogP contribution is -2.57. The average molecular weight is 667 g/mol. The average Bonchev–Trinajstić information content (AvgIpc) is 2.99. The van der Waals surface area contributed by atoms with Crippen LogP contribution in [0.2, 0.25) is 0 Å². The van der Waals surface area contributed by atoms with Crippen LogP contribution in [0.25, 0.3) is 0 Å². The third kappa shape index (κ3) is 11.5. The normalized spacial score (nSPS) is 14.3. The minimum absolute atomic E-state index is 0.0280. The topological polar surface area (TPSA) is 183 Å². The van der Waals surface area contributed by atoms with E-state index in [9.17, 15) is 27.9 Å². The minimum atomic E-state index is -3.74. The van der Waals surface area contributed by atoms with E-state index in [1.807, 2.05) is 57.2 Å². The van der Waals surface area contributed by atoms with Gasteiger partial charge in [0.05, 0.1) is 18.0 Å². The van der Waals surface area contributed by atoms with E-state index < -0.39 is 57.6 Å². The Morgan fingerprint density at radius 1 is 0.894 bits per heavy atom. The summed E-state index contributed by atoms with van der Waals surface area (Å²) in [7, 11) is -2.42. The van der Waals surface area contributed by atoms with Crippen molar-refractivity contribution in [3.8, 4) is 0 Å². The molecule has 3 aromatic carbocycles. The molecule has 0 saturated carbocycles. The Hall–Kier alpha value is -4.30. The molecule has 0 aliphatic rings. The molecule has 0 radical (unpaired) electrons. The molecule has 0 aliphatic carbocycles. The number of anilines is 1. The largest absolute Gasteiger partial charge is 0.391 e. The Bertz CT molecular complexity index is 1630. The van der Waals surface area contributed by atoms with Gasteiger partial charge in [0.15, 0.2) is 0 Å². The van der Waals surface area contributed by atoms with Gasteiger partial charge in [-0.2, -0.15) is 0 Å². The van der Waals surface area contributed by atoms with Crippen molar-refractivity contribution in [1.82, 2.24) is 21.3 Å². The molecule has 0 bridgehead atoms. The molecule has 3 amide bonds. The summed E-state index contributed by atoms with van der Waals surface area (Å²) in [6.07, 6.45) is -0.497. The summed E-state index contributed by atoms with van der Waals surface area (Å²) < 4.78 is 25.8. The van der Waals surface area contributed by atoms with Gasteiger partial charge in [-0.15, -0.1) is 0 Å². The number of amides is 3. The van der Waals surface area contributed by atoms with Crippen LogP contribution < -0.4 is 31.3 Å². The van der Waals surface area contributed by atoms with E-state index in [2.05, 4.69) is 21.3 Å². The van der Waals surface area contributed by atoms with Crippen LogP contribution in [0.1, 0.15) is 65.7 Å². The highest BCUT2D eigenvalue weighted by molar-refractivity contribution is 7.92. The number of benzene rings is 3. The first-order chi connectivity index (χ1) is 21.9. The van der Waals surface area contributed by atoms with Gasteiger partial charge in [-0.1, -0.05) is 60.7 Å². The highest BCUT2D eigenvalue weighted by Gasteiger charge is 2.28. The lowest BCUT2D eigenvalue weighted by atomic mass is 10.0. The lowest BCUT2D eigenvalue weighted by molar-refractivity contribution is -0.127. The first kappa shape index (κ1) is 37.2. The molecule has 47 heavy (non-hydrogen) atoms. The van der Waals surface area contributed by atoms with Gasteiger partial charge in [-0.3, -0.25) is 18.7 Å². The van der Waals surface area contributed by atoms with E-state index in [1.165, 1.54) is 32.2 Å². The van der Waals surface area contributed by atoms with Gasteiger partial charge >= 0.3 is 0 Å². The minimum Gasteiger partial charge on any atom is -0.391 e. The van der Waals surface area contributed by atoms with Gasteiger partial charge in [-0.25, -0.2) is 8.42 Å². The Kier molecular flexibility index (Phi) is 12.7. The third-order valence-electron chi connectivity index (χ3n) is 7.26. The van der Waals surface area contributed by atoms with Crippen molar-refractivity contribution in [3.05, 3.63) is 101 Å². The Balaban J connectivity index is 1.93. The molecule has 0 fully saturated rings. The molecule has 12 nitrogen and oxygen atoms in total. The fourth-order valence-corrected chi connectivity index (χ4v) is 5.24. The number of carbonyl (C=O) groups is 3. The Labute approximate surface area is 277 Å². The van der Waals surface area contributed by atoms with Crippen LogP contribution in [0.3, 0.4) is 0 Å². The van der Waals surface area contributed by atoms with Crippen molar-refractivity contribution in [2.75, 3.05) is 24.2 Å². The van der Waals surface area contributed by atoms with Crippen LogP contribution in [0.4, 0.5) is 5.69 Å². The maximum Gasteiger partial charge on any atom is 0.252 e. The standard InChI is InChI=1S/C34H46N6O6S/c1-22(41)29(33(44)39-34(2,3)4)36-21-27(17-23-13-9-7-10-14-23)37-31(42)25-18-26(20-28(19-25)40(5)47(6,45)46)32(43)38-30(35)24-15-11-8-12-16-24/h7-16,18-20,22,27,29-30,36,41H,17,21,35H2,1-6H3,(H,37,42)(H,38,43)(H,39,44)/t22-,27-,29-,30-/m0/s1. The van der Waals surface area contributed by atoms with E-state index in [-0.39, 0.29) is 23.4 Å². The summed E-state index contributed by atoms with van der Waals surface area (Å²) in [6.45, 7) is 7.12. The fraction of sp³-hybridized carbons (Fsp3) is 0.382. The molecule has 0 unspecified atom stereocenters. The van der Waals surface area contributed by atoms with Crippen LogP contribution in [-0.2, 0) is 21.2 Å². The van der Waals surface area contributed by atoms with Gasteiger partial charge in [0, 0.05) is 36.3 Å². The summed E-state index contributed by atoms with van der Waals surface area (Å²) in [5, 5.41) is 22.0. The zero-order chi connectivity index (χ0) is 34.9.